The Morgan fingerprint density at radius 1 is 1.04 bits per heavy atom. The minimum atomic E-state index is -0.0394. The maximum absolute atomic E-state index is 12.2. The number of piperazine rings is 1. The lowest BCUT2D eigenvalue weighted by atomic mass is 10.2. The highest BCUT2D eigenvalue weighted by molar-refractivity contribution is 6.30. The van der Waals surface area contributed by atoms with Crippen molar-refractivity contribution in [2.75, 3.05) is 44.2 Å². The maximum Gasteiger partial charge on any atom is 0.317 e. The minimum absolute atomic E-state index is 0.0394. The van der Waals surface area contributed by atoms with Gasteiger partial charge in [0, 0.05) is 36.9 Å². The van der Waals surface area contributed by atoms with Crippen LogP contribution >= 0.6 is 11.6 Å². The van der Waals surface area contributed by atoms with Gasteiger partial charge in [0.1, 0.15) is 12.4 Å². The van der Waals surface area contributed by atoms with E-state index in [-0.39, 0.29) is 6.03 Å². The highest BCUT2D eigenvalue weighted by atomic mass is 35.5. The lowest BCUT2D eigenvalue weighted by molar-refractivity contribution is 0.191. The Morgan fingerprint density at radius 3 is 2.52 bits per heavy atom. The van der Waals surface area contributed by atoms with E-state index in [0.717, 1.165) is 29.5 Å². The predicted octanol–water partition coefficient (Wildman–Crippen LogP) is 3.25. The van der Waals surface area contributed by atoms with Crippen molar-refractivity contribution in [3.05, 3.63) is 59.6 Å². The number of halogens is 1. The number of amides is 2. The number of ether oxygens (including phenoxy) is 1. The molecule has 0 aromatic heterocycles. The molecule has 0 saturated carbocycles. The SMILES string of the molecule is O=C(NCCOc1ccccc1)N1CCN(c2cccc(Cl)c2)CC1. The third-order valence-electron chi connectivity index (χ3n) is 4.13. The van der Waals surface area contributed by atoms with Crippen LogP contribution in [0.4, 0.5) is 10.5 Å². The summed E-state index contributed by atoms with van der Waals surface area (Å²) >= 11 is 6.05. The lowest BCUT2D eigenvalue weighted by Gasteiger charge is -2.36. The van der Waals surface area contributed by atoms with Gasteiger partial charge in [0.05, 0.1) is 6.54 Å². The van der Waals surface area contributed by atoms with E-state index in [0.29, 0.717) is 26.2 Å². The van der Waals surface area contributed by atoms with Crippen LogP contribution in [0.3, 0.4) is 0 Å². The van der Waals surface area contributed by atoms with Gasteiger partial charge in [0.2, 0.25) is 0 Å². The van der Waals surface area contributed by atoms with Gasteiger partial charge in [-0.2, -0.15) is 0 Å². The lowest BCUT2D eigenvalue weighted by Crippen LogP contribution is -2.52. The van der Waals surface area contributed by atoms with Gasteiger partial charge in [-0.25, -0.2) is 4.79 Å². The van der Waals surface area contributed by atoms with Crippen LogP contribution in [0.5, 0.6) is 5.75 Å². The van der Waals surface area contributed by atoms with Crippen molar-refractivity contribution in [3.63, 3.8) is 0 Å². The third kappa shape index (κ3) is 5.03. The molecule has 1 N–H and O–H groups in total. The summed E-state index contributed by atoms with van der Waals surface area (Å²) < 4.78 is 5.58. The van der Waals surface area contributed by atoms with E-state index in [1.807, 2.05) is 59.5 Å². The van der Waals surface area contributed by atoms with Crippen LogP contribution in [0.2, 0.25) is 5.02 Å². The Labute approximate surface area is 153 Å². The number of hydrogen-bond donors (Lipinski definition) is 1. The second-order valence-electron chi connectivity index (χ2n) is 5.85. The van der Waals surface area contributed by atoms with E-state index >= 15 is 0 Å². The Kier molecular flexibility index (Phi) is 6.01. The van der Waals surface area contributed by atoms with E-state index in [2.05, 4.69) is 10.2 Å². The Balaban J connectivity index is 1.38. The fraction of sp³-hybridized carbons (Fsp3) is 0.316. The van der Waals surface area contributed by atoms with Crippen molar-refractivity contribution in [3.8, 4) is 5.75 Å². The molecule has 1 heterocycles. The van der Waals surface area contributed by atoms with Crippen molar-refractivity contribution in [2.45, 2.75) is 0 Å². The summed E-state index contributed by atoms with van der Waals surface area (Å²) in [6.45, 7) is 3.93. The van der Waals surface area contributed by atoms with Gasteiger partial charge in [-0.15, -0.1) is 0 Å². The molecule has 2 amide bonds. The number of urea groups is 1. The topological polar surface area (TPSA) is 44.8 Å². The summed E-state index contributed by atoms with van der Waals surface area (Å²) in [6, 6.07) is 17.4. The van der Waals surface area contributed by atoms with Crippen LogP contribution in [0.15, 0.2) is 54.6 Å². The van der Waals surface area contributed by atoms with E-state index in [1.165, 1.54) is 0 Å². The molecule has 1 aliphatic heterocycles. The molecule has 132 valence electrons. The molecule has 6 heteroatoms. The molecule has 0 spiro atoms. The van der Waals surface area contributed by atoms with Gasteiger partial charge >= 0.3 is 6.03 Å². The van der Waals surface area contributed by atoms with E-state index in [1.54, 1.807) is 0 Å². The summed E-state index contributed by atoms with van der Waals surface area (Å²) in [5, 5.41) is 3.64. The molecule has 0 bridgehead atoms. The molecule has 1 saturated heterocycles. The third-order valence-corrected chi connectivity index (χ3v) is 4.37. The number of benzene rings is 2. The standard InChI is InChI=1S/C19H22ClN3O2/c20-16-5-4-6-17(15-16)22-10-12-23(13-11-22)19(24)21-9-14-25-18-7-2-1-3-8-18/h1-8,15H,9-14H2,(H,21,24). The molecular weight excluding hydrogens is 338 g/mol. The first kappa shape index (κ1) is 17.4. The molecule has 5 nitrogen and oxygen atoms in total. The smallest absolute Gasteiger partial charge is 0.317 e. The van der Waals surface area contributed by atoms with Crippen molar-refractivity contribution in [2.24, 2.45) is 0 Å². The summed E-state index contributed by atoms with van der Waals surface area (Å²) in [5.74, 6) is 0.812. The average Bonchev–Trinajstić information content (AvgIpc) is 2.66. The normalized spacial score (nSPS) is 14.3. The van der Waals surface area contributed by atoms with Gasteiger partial charge in [-0.3, -0.25) is 0 Å². The molecule has 1 fully saturated rings. The zero-order valence-electron chi connectivity index (χ0n) is 14.0. The highest BCUT2D eigenvalue weighted by Gasteiger charge is 2.21. The largest absolute Gasteiger partial charge is 0.492 e. The predicted molar refractivity (Wildman–Crippen MR) is 101 cm³/mol. The number of carbonyl (C=O) groups is 1. The molecule has 25 heavy (non-hydrogen) atoms. The summed E-state index contributed by atoms with van der Waals surface area (Å²) in [6.07, 6.45) is 0. The average molecular weight is 360 g/mol. The van der Waals surface area contributed by atoms with Gasteiger partial charge in [-0.1, -0.05) is 35.9 Å². The van der Waals surface area contributed by atoms with Crippen LogP contribution in [0.1, 0.15) is 0 Å². The highest BCUT2D eigenvalue weighted by Crippen LogP contribution is 2.20. The summed E-state index contributed by atoms with van der Waals surface area (Å²) in [5.41, 5.74) is 1.10. The van der Waals surface area contributed by atoms with Gasteiger partial charge in [0.15, 0.2) is 0 Å². The molecule has 3 rings (SSSR count). The van der Waals surface area contributed by atoms with E-state index in [4.69, 9.17) is 16.3 Å². The second-order valence-corrected chi connectivity index (χ2v) is 6.28. The molecule has 1 aliphatic rings. The molecule has 2 aromatic carbocycles. The molecule has 0 aliphatic carbocycles. The quantitative estimate of drug-likeness (QED) is 0.833. The molecule has 0 radical (unpaired) electrons. The minimum Gasteiger partial charge on any atom is -0.492 e. The zero-order valence-corrected chi connectivity index (χ0v) is 14.8. The Bertz CT molecular complexity index is 688. The number of hydrogen-bond acceptors (Lipinski definition) is 3. The number of anilines is 1. The van der Waals surface area contributed by atoms with Gasteiger partial charge in [-0.05, 0) is 30.3 Å². The first-order chi connectivity index (χ1) is 12.2. The number of carbonyl (C=O) groups excluding carboxylic acids is 1. The van der Waals surface area contributed by atoms with Crippen LogP contribution in [0, 0.1) is 0 Å². The molecule has 0 atom stereocenters. The van der Waals surface area contributed by atoms with Crippen LogP contribution in [0.25, 0.3) is 0 Å². The molecular formula is C19H22ClN3O2. The monoisotopic (exact) mass is 359 g/mol. The Morgan fingerprint density at radius 2 is 1.80 bits per heavy atom. The van der Waals surface area contributed by atoms with Crippen LogP contribution in [-0.4, -0.2) is 50.3 Å². The maximum atomic E-state index is 12.2. The van der Waals surface area contributed by atoms with Crippen molar-refractivity contribution < 1.29 is 9.53 Å². The molecule has 0 unspecified atom stereocenters. The number of rotatable bonds is 5. The number of nitrogens with one attached hydrogen (secondary N) is 1. The number of nitrogens with zero attached hydrogens (tertiary/aromatic N) is 2. The first-order valence-corrected chi connectivity index (χ1v) is 8.81. The molecule has 2 aromatic rings. The Hall–Kier alpha value is -2.40. The second kappa shape index (κ2) is 8.62. The first-order valence-electron chi connectivity index (χ1n) is 8.43. The van der Waals surface area contributed by atoms with E-state index < -0.39 is 0 Å². The van der Waals surface area contributed by atoms with Gasteiger partial charge in [0.25, 0.3) is 0 Å². The fourth-order valence-corrected chi connectivity index (χ4v) is 2.98. The van der Waals surface area contributed by atoms with Crippen LogP contribution in [-0.2, 0) is 0 Å². The van der Waals surface area contributed by atoms with Crippen LogP contribution < -0.4 is 15.0 Å². The van der Waals surface area contributed by atoms with E-state index in [9.17, 15) is 4.79 Å². The number of para-hydroxylation sites is 1. The van der Waals surface area contributed by atoms with Crippen molar-refractivity contribution in [1.29, 1.82) is 0 Å². The fourth-order valence-electron chi connectivity index (χ4n) is 2.80. The van der Waals surface area contributed by atoms with Gasteiger partial charge < -0.3 is 19.9 Å². The zero-order chi connectivity index (χ0) is 17.5. The van der Waals surface area contributed by atoms with Crippen molar-refractivity contribution >= 4 is 23.3 Å². The summed E-state index contributed by atoms with van der Waals surface area (Å²) in [7, 11) is 0. The summed E-state index contributed by atoms with van der Waals surface area (Å²) in [4.78, 5) is 16.3. The van der Waals surface area contributed by atoms with Crippen molar-refractivity contribution in [1.82, 2.24) is 10.2 Å².